The average molecular weight is 926 g/mol. The first-order valence-electron chi connectivity index (χ1n) is 27.3. The van der Waals surface area contributed by atoms with Crippen LogP contribution in [0.2, 0.25) is 0 Å². The Morgan fingerprint density at radius 3 is 1.35 bits per heavy atom. The lowest BCUT2D eigenvalue weighted by Crippen LogP contribution is -2.55. The number of ether oxygens (including phenoxy) is 3. The number of esters is 2. The Bertz CT molecular complexity index is 1260. The van der Waals surface area contributed by atoms with Gasteiger partial charge in [-0.2, -0.15) is 0 Å². The first kappa shape index (κ1) is 63.0. The molecule has 66 heavy (non-hydrogen) atoms. The zero-order valence-electron chi connectivity index (χ0n) is 43.6. The molecule has 0 aliphatic rings. The fourth-order valence-electron chi connectivity index (χ4n) is 7.96. The summed E-state index contributed by atoms with van der Waals surface area (Å²) >= 11 is 0. The number of nitrogens with zero attached hydrogens (tertiary/aromatic N) is 1. The fraction of sp³-hybridized carbons (Fsp3) is 0.776. The van der Waals surface area contributed by atoms with E-state index in [1.165, 1.54) is 148 Å². The molecular weight excluding hydrogens is 823 g/mol. The highest BCUT2D eigenvalue weighted by atomic mass is 16.6. The molecule has 0 amide bonds. The van der Waals surface area contributed by atoms with Crippen LogP contribution >= 0.6 is 0 Å². The second-order valence-electron chi connectivity index (χ2n) is 19.5. The molecule has 0 bridgehead atoms. The summed E-state index contributed by atoms with van der Waals surface area (Å²) in [6.07, 6.45) is 61.1. The van der Waals surface area contributed by atoms with Gasteiger partial charge in [-0.1, -0.05) is 209 Å². The quantitative estimate of drug-likeness (QED) is 0.0197. The molecule has 0 N–H and O–H groups in total. The van der Waals surface area contributed by atoms with Crippen LogP contribution in [0, 0.1) is 0 Å². The van der Waals surface area contributed by atoms with E-state index in [1.54, 1.807) is 21.1 Å². The number of quaternary nitrogens is 1. The Balaban J connectivity index is 4.19. The zero-order valence-corrected chi connectivity index (χ0v) is 43.6. The Hall–Kier alpha value is -2.97. The number of carbonyl (C=O) groups excluding carboxylic acids is 3. The summed E-state index contributed by atoms with van der Waals surface area (Å²) in [5.41, 5.74) is 0. The van der Waals surface area contributed by atoms with Gasteiger partial charge in [0.1, 0.15) is 12.6 Å². The van der Waals surface area contributed by atoms with Gasteiger partial charge in [-0.15, -0.1) is 0 Å². The van der Waals surface area contributed by atoms with Crippen molar-refractivity contribution in [1.82, 2.24) is 0 Å². The SMILES string of the molecule is CC/C=C/C/C=C/C/C=C/CCCCCCCCCCCCCCCC(=O)OC(COCCC(C(=O)[O-])[N+](C)(C)C)COC(=O)CCCCCCCCCCCC/C=C/C=C/CCCCC. The third-order valence-corrected chi connectivity index (χ3v) is 12.2. The van der Waals surface area contributed by atoms with Gasteiger partial charge in [-0.25, -0.2) is 0 Å². The molecule has 0 aromatic heterocycles. The summed E-state index contributed by atoms with van der Waals surface area (Å²) in [5, 5.41) is 11.7. The van der Waals surface area contributed by atoms with E-state index in [-0.39, 0.29) is 42.7 Å². The minimum absolute atomic E-state index is 0.0392. The lowest BCUT2D eigenvalue weighted by atomic mass is 10.0. The van der Waals surface area contributed by atoms with Gasteiger partial charge < -0.3 is 28.6 Å². The van der Waals surface area contributed by atoms with Crippen molar-refractivity contribution in [3.05, 3.63) is 60.8 Å². The van der Waals surface area contributed by atoms with E-state index >= 15 is 0 Å². The van der Waals surface area contributed by atoms with Crippen molar-refractivity contribution in [3.8, 4) is 0 Å². The van der Waals surface area contributed by atoms with Gasteiger partial charge in [-0.05, 0) is 70.6 Å². The van der Waals surface area contributed by atoms with Gasteiger partial charge in [-0.3, -0.25) is 9.59 Å². The molecule has 0 aromatic rings. The number of aliphatic carboxylic acids is 1. The summed E-state index contributed by atoms with van der Waals surface area (Å²) in [6, 6.07) is -0.728. The van der Waals surface area contributed by atoms with E-state index in [0.29, 0.717) is 12.8 Å². The van der Waals surface area contributed by atoms with Crippen LogP contribution in [0.15, 0.2) is 60.8 Å². The summed E-state index contributed by atoms with van der Waals surface area (Å²) in [7, 11) is 5.42. The van der Waals surface area contributed by atoms with Crippen LogP contribution in [0.1, 0.15) is 239 Å². The first-order chi connectivity index (χ1) is 32.1. The van der Waals surface area contributed by atoms with Crippen molar-refractivity contribution in [2.45, 2.75) is 251 Å². The van der Waals surface area contributed by atoms with Gasteiger partial charge in [0.25, 0.3) is 0 Å². The summed E-state index contributed by atoms with van der Waals surface area (Å²) in [4.78, 5) is 37.1. The third kappa shape index (κ3) is 46.2. The average Bonchev–Trinajstić information content (AvgIpc) is 3.28. The molecule has 0 aliphatic heterocycles. The Morgan fingerprint density at radius 2 is 0.894 bits per heavy atom. The fourth-order valence-corrected chi connectivity index (χ4v) is 7.96. The van der Waals surface area contributed by atoms with Crippen LogP contribution in [-0.2, 0) is 28.6 Å². The minimum atomic E-state index is -1.12. The highest BCUT2D eigenvalue weighted by molar-refractivity contribution is 5.70. The maximum Gasteiger partial charge on any atom is 0.306 e. The number of allylic oxidation sites excluding steroid dienone is 10. The van der Waals surface area contributed by atoms with Crippen molar-refractivity contribution in [2.75, 3.05) is 41.0 Å². The van der Waals surface area contributed by atoms with Crippen molar-refractivity contribution in [2.24, 2.45) is 0 Å². The largest absolute Gasteiger partial charge is 0.544 e. The molecule has 8 nitrogen and oxygen atoms in total. The molecule has 0 spiro atoms. The molecule has 0 fully saturated rings. The normalized spacial score (nSPS) is 13.3. The molecule has 0 aliphatic carbocycles. The third-order valence-electron chi connectivity index (χ3n) is 12.2. The number of carbonyl (C=O) groups is 3. The molecule has 0 rings (SSSR count). The Kier molecular flexibility index (Phi) is 46.3. The minimum Gasteiger partial charge on any atom is -0.544 e. The molecule has 0 saturated carbocycles. The number of likely N-dealkylation sites (N-methyl/N-ethyl adjacent to an activating group) is 1. The van der Waals surface area contributed by atoms with Crippen molar-refractivity contribution >= 4 is 17.9 Å². The topological polar surface area (TPSA) is 102 Å². The van der Waals surface area contributed by atoms with Crippen LogP contribution < -0.4 is 5.11 Å². The van der Waals surface area contributed by atoms with E-state index in [2.05, 4.69) is 74.6 Å². The maximum absolute atomic E-state index is 12.8. The Labute approximate surface area is 407 Å². The molecule has 0 saturated heterocycles. The van der Waals surface area contributed by atoms with E-state index in [1.807, 2.05) is 0 Å². The summed E-state index contributed by atoms with van der Waals surface area (Å²) < 4.78 is 17.3. The smallest absolute Gasteiger partial charge is 0.306 e. The van der Waals surface area contributed by atoms with Crippen LogP contribution in [-0.4, -0.2) is 75.5 Å². The molecule has 8 heteroatoms. The lowest BCUT2D eigenvalue weighted by molar-refractivity contribution is -0.889. The number of rotatable bonds is 49. The predicted molar refractivity (Wildman–Crippen MR) is 277 cm³/mol. The first-order valence-corrected chi connectivity index (χ1v) is 27.3. The van der Waals surface area contributed by atoms with Crippen LogP contribution in [0.3, 0.4) is 0 Å². The molecular formula is C58H103NO7. The molecule has 0 aromatic carbocycles. The molecule has 0 heterocycles. The summed E-state index contributed by atoms with van der Waals surface area (Å²) in [6.45, 7) is 4.55. The van der Waals surface area contributed by atoms with Gasteiger partial charge in [0, 0.05) is 19.3 Å². The monoisotopic (exact) mass is 926 g/mol. The highest BCUT2D eigenvalue weighted by Crippen LogP contribution is 2.16. The number of unbranched alkanes of at least 4 members (excludes halogenated alkanes) is 26. The standard InChI is InChI=1S/C58H103NO7/c1-6-8-10-12-14-16-18-20-22-24-26-27-28-29-31-33-35-37-39-41-43-45-47-49-57(61)66-54(52-64-51-50-55(58(62)63)59(3,4)5)53-65-56(60)48-46-44-42-40-38-36-34-32-30-25-23-21-19-17-15-13-11-9-7-2/h8,10,14-17,19-22,54-55H,6-7,9,11-13,18,23-53H2,1-5H3/b10-8+,16-14+,17-15+,21-19+,22-20+. The van der Waals surface area contributed by atoms with Gasteiger partial charge in [0.2, 0.25) is 0 Å². The Morgan fingerprint density at radius 1 is 0.485 bits per heavy atom. The second kappa shape index (κ2) is 48.5. The van der Waals surface area contributed by atoms with Gasteiger partial charge in [0.05, 0.1) is 40.3 Å². The lowest BCUT2D eigenvalue weighted by Gasteiger charge is -2.34. The van der Waals surface area contributed by atoms with E-state index in [4.69, 9.17) is 14.2 Å². The molecule has 382 valence electrons. The van der Waals surface area contributed by atoms with Crippen LogP contribution in [0.25, 0.3) is 0 Å². The van der Waals surface area contributed by atoms with Crippen molar-refractivity contribution in [3.63, 3.8) is 0 Å². The van der Waals surface area contributed by atoms with Crippen LogP contribution in [0.4, 0.5) is 0 Å². The van der Waals surface area contributed by atoms with Gasteiger partial charge >= 0.3 is 11.9 Å². The van der Waals surface area contributed by atoms with E-state index in [9.17, 15) is 19.5 Å². The second-order valence-corrected chi connectivity index (χ2v) is 19.5. The summed E-state index contributed by atoms with van der Waals surface area (Å²) in [5.74, 6) is -1.73. The highest BCUT2D eigenvalue weighted by Gasteiger charge is 2.25. The van der Waals surface area contributed by atoms with Crippen molar-refractivity contribution in [1.29, 1.82) is 0 Å². The van der Waals surface area contributed by atoms with E-state index < -0.39 is 18.1 Å². The molecule has 2 unspecified atom stereocenters. The molecule has 2 atom stereocenters. The molecule has 0 radical (unpaired) electrons. The number of hydrogen-bond acceptors (Lipinski definition) is 7. The van der Waals surface area contributed by atoms with Crippen LogP contribution in [0.5, 0.6) is 0 Å². The zero-order chi connectivity index (χ0) is 48.4. The van der Waals surface area contributed by atoms with Gasteiger partial charge in [0.15, 0.2) is 6.10 Å². The number of carboxylic acid groups (broad SMARTS) is 1. The maximum atomic E-state index is 12.8. The predicted octanol–water partition coefficient (Wildman–Crippen LogP) is 14.8. The number of carboxylic acids is 1. The van der Waals surface area contributed by atoms with E-state index in [0.717, 1.165) is 57.8 Å². The number of hydrogen-bond donors (Lipinski definition) is 0. The van der Waals surface area contributed by atoms with Crippen molar-refractivity contribution < 1.29 is 38.2 Å².